The van der Waals surface area contributed by atoms with Gasteiger partial charge in [0.05, 0.1) is 10.6 Å². The van der Waals surface area contributed by atoms with Gasteiger partial charge in [0, 0.05) is 12.0 Å². The summed E-state index contributed by atoms with van der Waals surface area (Å²) in [5, 5.41) is 8.87. The number of carboxylic acids is 1. The van der Waals surface area contributed by atoms with Crippen molar-refractivity contribution >= 4 is 21.7 Å². The second-order valence-electron chi connectivity index (χ2n) is 10.2. The van der Waals surface area contributed by atoms with Crippen LogP contribution < -0.4 is 9.04 Å². The predicted octanol–water partition coefficient (Wildman–Crippen LogP) is 6.28. The van der Waals surface area contributed by atoms with E-state index in [1.165, 1.54) is 22.5 Å². The molecule has 1 aliphatic heterocycles. The first-order valence-electron chi connectivity index (χ1n) is 12.3. The fraction of sp³-hybridized carbons (Fsp3) is 0.194. The highest BCUT2D eigenvalue weighted by Crippen LogP contribution is 2.45. The fourth-order valence-corrected chi connectivity index (χ4v) is 6.67. The van der Waals surface area contributed by atoms with Crippen LogP contribution >= 0.6 is 0 Å². The summed E-state index contributed by atoms with van der Waals surface area (Å²) in [6.45, 7) is 5.64. The minimum Gasteiger partial charge on any atom is -0.482 e. The van der Waals surface area contributed by atoms with Gasteiger partial charge in [-0.15, -0.1) is 0 Å². The molecule has 0 radical (unpaired) electrons. The molecule has 1 aliphatic rings. The van der Waals surface area contributed by atoms with Crippen molar-refractivity contribution in [3.63, 3.8) is 0 Å². The van der Waals surface area contributed by atoms with Gasteiger partial charge in [0.2, 0.25) is 0 Å². The average Bonchev–Trinajstić information content (AvgIpc) is 3.19. The van der Waals surface area contributed by atoms with Crippen LogP contribution in [0.15, 0.2) is 95.9 Å². The molecule has 1 heterocycles. The van der Waals surface area contributed by atoms with Gasteiger partial charge in [0.25, 0.3) is 10.0 Å². The second-order valence-corrected chi connectivity index (χ2v) is 12.0. The zero-order valence-electron chi connectivity index (χ0n) is 21.5. The molecule has 1 N–H and O–H groups in total. The van der Waals surface area contributed by atoms with Crippen LogP contribution in [0.4, 0.5) is 5.69 Å². The monoisotopic (exact) mass is 527 g/mol. The van der Waals surface area contributed by atoms with Gasteiger partial charge in [-0.3, -0.25) is 4.31 Å². The van der Waals surface area contributed by atoms with Crippen LogP contribution in [0, 0.1) is 6.92 Å². The molecule has 0 saturated carbocycles. The smallest absolute Gasteiger partial charge is 0.341 e. The summed E-state index contributed by atoms with van der Waals surface area (Å²) in [4.78, 5) is 11.0. The highest BCUT2D eigenvalue weighted by molar-refractivity contribution is 7.92. The van der Waals surface area contributed by atoms with Crippen LogP contribution in [0.2, 0.25) is 0 Å². The fourth-order valence-electron chi connectivity index (χ4n) is 4.94. The topological polar surface area (TPSA) is 83.9 Å². The minimum absolute atomic E-state index is 0.140. The van der Waals surface area contributed by atoms with E-state index in [0.717, 1.165) is 27.8 Å². The molecule has 4 aromatic carbocycles. The maximum atomic E-state index is 13.8. The number of rotatable bonds is 7. The van der Waals surface area contributed by atoms with Crippen molar-refractivity contribution < 1.29 is 23.1 Å². The Hall–Kier alpha value is -4.10. The van der Waals surface area contributed by atoms with E-state index < -0.39 is 28.0 Å². The van der Waals surface area contributed by atoms with Crippen molar-refractivity contribution in [2.24, 2.45) is 0 Å². The molecule has 5 rings (SSSR count). The number of ether oxygens (including phenoxy) is 1. The van der Waals surface area contributed by atoms with E-state index in [2.05, 4.69) is 50.2 Å². The maximum absolute atomic E-state index is 13.8. The molecule has 0 saturated heterocycles. The van der Waals surface area contributed by atoms with Gasteiger partial charge >= 0.3 is 5.97 Å². The van der Waals surface area contributed by atoms with Crippen LogP contribution in [0.25, 0.3) is 22.3 Å². The molecule has 0 amide bonds. The van der Waals surface area contributed by atoms with E-state index in [-0.39, 0.29) is 4.90 Å². The lowest BCUT2D eigenvalue weighted by Crippen LogP contribution is -2.34. The van der Waals surface area contributed by atoms with Crippen LogP contribution in [0.5, 0.6) is 5.75 Å². The van der Waals surface area contributed by atoms with Crippen LogP contribution in [-0.2, 0) is 20.2 Å². The molecule has 7 heteroatoms. The summed E-state index contributed by atoms with van der Waals surface area (Å²) >= 11 is 0. The Morgan fingerprint density at radius 3 is 2.21 bits per heavy atom. The highest BCUT2D eigenvalue weighted by Gasteiger charge is 2.41. The van der Waals surface area contributed by atoms with E-state index in [1.54, 1.807) is 6.92 Å². The normalized spacial score (nSPS) is 14.2. The third-order valence-corrected chi connectivity index (χ3v) is 8.68. The van der Waals surface area contributed by atoms with Crippen molar-refractivity contribution in [2.75, 3.05) is 17.5 Å². The number of carboxylic acid groups (broad SMARTS) is 1. The first-order chi connectivity index (χ1) is 18.1. The Morgan fingerprint density at radius 2 is 1.53 bits per heavy atom. The van der Waals surface area contributed by atoms with Gasteiger partial charge in [-0.25, -0.2) is 13.2 Å². The number of anilines is 1. The van der Waals surface area contributed by atoms with Crippen molar-refractivity contribution in [1.29, 1.82) is 0 Å². The molecular weight excluding hydrogens is 498 g/mol. The second kappa shape index (κ2) is 9.65. The quantitative estimate of drug-likeness (QED) is 0.306. The zero-order valence-corrected chi connectivity index (χ0v) is 22.3. The molecule has 0 spiro atoms. The molecule has 0 atom stereocenters. The molecule has 0 unspecified atom stereocenters. The number of carbonyl (C=O) groups is 1. The minimum atomic E-state index is -3.85. The lowest BCUT2D eigenvalue weighted by molar-refractivity contribution is -0.139. The third kappa shape index (κ3) is 4.77. The first-order valence-corrected chi connectivity index (χ1v) is 13.8. The number of nitrogens with zero attached hydrogens (tertiary/aromatic N) is 1. The van der Waals surface area contributed by atoms with Crippen molar-refractivity contribution in [3.05, 3.63) is 102 Å². The van der Waals surface area contributed by atoms with Crippen LogP contribution in [0.1, 0.15) is 25.0 Å². The van der Waals surface area contributed by atoms with Gasteiger partial charge in [-0.2, -0.15) is 0 Å². The molecule has 38 heavy (non-hydrogen) atoms. The molecule has 194 valence electrons. The Labute approximate surface area is 223 Å². The van der Waals surface area contributed by atoms with Gasteiger partial charge in [0.15, 0.2) is 6.61 Å². The number of fused-ring (bicyclic) bond motifs is 1. The first kappa shape index (κ1) is 25.5. The molecular formula is C31H29NO5S. The van der Waals surface area contributed by atoms with Gasteiger partial charge in [0.1, 0.15) is 5.75 Å². The van der Waals surface area contributed by atoms with Gasteiger partial charge < -0.3 is 9.84 Å². The zero-order chi connectivity index (χ0) is 27.1. The summed E-state index contributed by atoms with van der Waals surface area (Å²) in [6.07, 6.45) is 0. The molecule has 0 aliphatic carbocycles. The van der Waals surface area contributed by atoms with Crippen LogP contribution in [-0.4, -0.2) is 32.6 Å². The highest BCUT2D eigenvalue weighted by atomic mass is 32.2. The number of hydrogen-bond acceptors (Lipinski definition) is 4. The molecule has 0 aromatic heterocycles. The molecule has 6 nitrogen and oxygen atoms in total. The summed E-state index contributed by atoms with van der Waals surface area (Å²) in [7, 11) is -3.85. The Balaban J connectivity index is 1.49. The van der Waals surface area contributed by atoms with E-state index in [4.69, 9.17) is 9.84 Å². The third-order valence-electron chi connectivity index (χ3n) is 6.92. The number of aliphatic carboxylic acids is 1. The number of benzene rings is 4. The van der Waals surface area contributed by atoms with E-state index in [9.17, 15) is 13.2 Å². The number of sulfonamides is 1. The van der Waals surface area contributed by atoms with Crippen LogP contribution in [0.3, 0.4) is 0 Å². The van der Waals surface area contributed by atoms with Crippen molar-refractivity contribution in [2.45, 2.75) is 31.1 Å². The summed E-state index contributed by atoms with van der Waals surface area (Å²) in [5.74, 6) is -0.751. The summed E-state index contributed by atoms with van der Waals surface area (Å²) in [6, 6.07) is 29.0. The Morgan fingerprint density at radius 1 is 0.868 bits per heavy atom. The maximum Gasteiger partial charge on any atom is 0.341 e. The Bertz CT molecular complexity index is 1630. The average molecular weight is 528 g/mol. The lowest BCUT2D eigenvalue weighted by atomic mass is 9.85. The lowest BCUT2D eigenvalue weighted by Gasteiger charge is -2.22. The molecule has 0 fully saturated rings. The summed E-state index contributed by atoms with van der Waals surface area (Å²) < 4.78 is 34.3. The van der Waals surface area contributed by atoms with E-state index >= 15 is 0 Å². The molecule has 4 aromatic rings. The van der Waals surface area contributed by atoms with Gasteiger partial charge in [-0.1, -0.05) is 68.4 Å². The van der Waals surface area contributed by atoms with E-state index in [1.807, 2.05) is 36.4 Å². The van der Waals surface area contributed by atoms with Crippen molar-refractivity contribution in [3.8, 4) is 28.0 Å². The largest absolute Gasteiger partial charge is 0.482 e. The molecule has 0 bridgehead atoms. The standard InChI is InChI=1S/C31H29NO5S/c1-21-16-26(13-15-29(21)37-19-30(33)34)38(35,36)32-20-31(2,3)27-18-25(12-14-28(27)32)24-11-7-10-23(17-24)22-8-5-4-6-9-22/h4-18H,19-20H2,1-3H3,(H,33,34). The number of aryl methyl sites for hydroxylation is 1. The summed E-state index contributed by atoms with van der Waals surface area (Å²) in [5.41, 5.74) is 6.17. The van der Waals surface area contributed by atoms with Crippen molar-refractivity contribution in [1.82, 2.24) is 0 Å². The SMILES string of the molecule is Cc1cc(S(=O)(=O)N2CC(C)(C)c3cc(-c4cccc(-c5ccccc5)c4)ccc32)ccc1OCC(=O)O. The van der Waals surface area contributed by atoms with Gasteiger partial charge in [-0.05, 0) is 76.7 Å². The number of hydrogen-bond donors (Lipinski definition) is 1. The van der Waals surface area contributed by atoms with E-state index in [0.29, 0.717) is 23.5 Å². The predicted molar refractivity (Wildman–Crippen MR) is 149 cm³/mol. The Kier molecular flexibility index (Phi) is 6.49.